The number of benzene rings is 1. The average molecular weight is 280 g/mol. The van der Waals surface area contributed by atoms with Gasteiger partial charge in [0.25, 0.3) is 11.8 Å². The Balaban J connectivity index is 2.55. The van der Waals surface area contributed by atoms with E-state index in [0.717, 1.165) is 4.90 Å². The number of hydrogen-bond acceptors (Lipinski definition) is 3. The minimum absolute atomic E-state index is 0.0396. The van der Waals surface area contributed by atoms with E-state index >= 15 is 0 Å². The van der Waals surface area contributed by atoms with Crippen LogP contribution < -0.4 is 4.90 Å². The van der Waals surface area contributed by atoms with Gasteiger partial charge in [-0.3, -0.25) is 9.59 Å². The van der Waals surface area contributed by atoms with Crippen LogP contribution in [0.4, 0.5) is 5.69 Å². The second-order valence-corrected chi connectivity index (χ2v) is 4.57. The summed E-state index contributed by atoms with van der Waals surface area (Å²) in [6.07, 6.45) is 0. The first kappa shape index (κ1) is 13.3. The monoisotopic (exact) mass is 279 g/mol. The van der Waals surface area contributed by atoms with Crippen molar-refractivity contribution in [2.24, 2.45) is 0 Å². The molecule has 19 heavy (non-hydrogen) atoms. The van der Waals surface area contributed by atoms with Crippen molar-refractivity contribution >= 4 is 35.1 Å². The van der Waals surface area contributed by atoms with Crippen molar-refractivity contribution in [1.29, 1.82) is 0 Å². The molecule has 0 saturated heterocycles. The van der Waals surface area contributed by atoms with Crippen LogP contribution in [0.15, 0.2) is 29.3 Å². The highest BCUT2D eigenvalue weighted by molar-refractivity contribution is 6.39. The Hall–Kier alpha value is -2.14. The lowest BCUT2D eigenvalue weighted by Crippen LogP contribution is -2.31. The molecule has 1 aromatic carbocycles. The smallest absolute Gasteiger partial charge is 0.335 e. The molecule has 2 amide bonds. The van der Waals surface area contributed by atoms with Crippen LogP contribution in [-0.2, 0) is 9.59 Å². The molecule has 0 unspecified atom stereocenters. The summed E-state index contributed by atoms with van der Waals surface area (Å²) in [6, 6.07) is 3.88. The molecular formula is C13H10ClNO4. The van der Waals surface area contributed by atoms with Gasteiger partial charge in [0.2, 0.25) is 0 Å². The van der Waals surface area contributed by atoms with E-state index in [0.29, 0.717) is 11.1 Å². The van der Waals surface area contributed by atoms with Gasteiger partial charge in [-0.2, -0.15) is 0 Å². The third-order valence-electron chi connectivity index (χ3n) is 3.04. The summed E-state index contributed by atoms with van der Waals surface area (Å²) < 4.78 is 0. The van der Waals surface area contributed by atoms with E-state index in [-0.39, 0.29) is 16.3 Å². The molecule has 0 atom stereocenters. The summed E-state index contributed by atoms with van der Waals surface area (Å²) in [5.41, 5.74) is 0.721. The largest absolute Gasteiger partial charge is 0.478 e. The lowest BCUT2D eigenvalue weighted by atomic mass is 10.2. The number of aromatic carboxylic acids is 1. The Morgan fingerprint density at radius 3 is 2.16 bits per heavy atom. The van der Waals surface area contributed by atoms with Gasteiger partial charge in [0.05, 0.1) is 16.3 Å². The molecule has 0 bridgehead atoms. The number of carboxylic acid groups (broad SMARTS) is 1. The van der Waals surface area contributed by atoms with Gasteiger partial charge < -0.3 is 5.11 Å². The molecule has 1 aromatic rings. The third-order valence-corrected chi connectivity index (χ3v) is 3.36. The first-order chi connectivity index (χ1) is 8.84. The predicted molar refractivity (Wildman–Crippen MR) is 69.3 cm³/mol. The van der Waals surface area contributed by atoms with Gasteiger partial charge in [-0.1, -0.05) is 11.6 Å². The summed E-state index contributed by atoms with van der Waals surface area (Å²) in [4.78, 5) is 35.8. The number of carboxylic acids is 1. The number of hydrogen-bond donors (Lipinski definition) is 1. The lowest BCUT2D eigenvalue weighted by molar-refractivity contribution is -0.120. The molecule has 0 aliphatic carbocycles. The zero-order valence-electron chi connectivity index (χ0n) is 10.2. The minimum Gasteiger partial charge on any atom is -0.478 e. The van der Waals surface area contributed by atoms with Gasteiger partial charge in [0.1, 0.15) is 0 Å². The highest BCUT2D eigenvalue weighted by Crippen LogP contribution is 2.33. The number of anilines is 1. The summed E-state index contributed by atoms with van der Waals surface area (Å²) in [5.74, 6) is -2.11. The summed E-state index contributed by atoms with van der Waals surface area (Å²) >= 11 is 5.95. The number of amides is 2. The van der Waals surface area contributed by atoms with Crippen molar-refractivity contribution in [3.63, 3.8) is 0 Å². The maximum absolute atomic E-state index is 12.0. The van der Waals surface area contributed by atoms with Crippen molar-refractivity contribution < 1.29 is 19.5 Å². The highest BCUT2D eigenvalue weighted by Gasteiger charge is 2.35. The van der Waals surface area contributed by atoms with E-state index in [1.54, 1.807) is 13.8 Å². The van der Waals surface area contributed by atoms with Crippen molar-refractivity contribution in [3.8, 4) is 0 Å². The molecule has 1 N–H and O–H groups in total. The van der Waals surface area contributed by atoms with Crippen LogP contribution in [0.1, 0.15) is 24.2 Å². The maximum Gasteiger partial charge on any atom is 0.335 e. The fraction of sp³-hybridized carbons (Fsp3) is 0.154. The van der Waals surface area contributed by atoms with Gasteiger partial charge in [-0.25, -0.2) is 9.69 Å². The lowest BCUT2D eigenvalue weighted by Gasteiger charge is -2.16. The molecule has 98 valence electrons. The first-order valence-corrected chi connectivity index (χ1v) is 5.81. The number of halogens is 1. The van der Waals surface area contributed by atoms with Gasteiger partial charge in [-0.15, -0.1) is 0 Å². The summed E-state index contributed by atoms with van der Waals surface area (Å²) in [6.45, 7) is 3.09. The van der Waals surface area contributed by atoms with Gasteiger partial charge >= 0.3 is 5.97 Å². The minimum atomic E-state index is -1.15. The van der Waals surface area contributed by atoms with Crippen LogP contribution in [0.3, 0.4) is 0 Å². The van der Waals surface area contributed by atoms with E-state index in [4.69, 9.17) is 16.7 Å². The molecule has 0 fully saturated rings. The van der Waals surface area contributed by atoms with Gasteiger partial charge in [-0.05, 0) is 32.0 Å². The van der Waals surface area contributed by atoms with Crippen LogP contribution in [0.25, 0.3) is 0 Å². The second-order valence-electron chi connectivity index (χ2n) is 4.17. The maximum atomic E-state index is 12.0. The number of carbonyl (C=O) groups excluding carboxylic acids is 2. The molecule has 2 rings (SSSR count). The first-order valence-electron chi connectivity index (χ1n) is 5.43. The number of rotatable bonds is 2. The average Bonchev–Trinajstić information content (AvgIpc) is 2.55. The van der Waals surface area contributed by atoms with Crippen LogP contribution >= 0.6 is 11.6 Å². The molecule has 1 heterocycles. The van der Waals surface area contributed by atoms with Crippen molar-refractivity contribution in [2.45, 2.75) is 13.8 Å². The van der Waals surface area contributed by atoms with E-state index in [9.17, 15) is 14.4 Å². The van der Waals surface area contributed by atoms with Crippen LogP contribution in [-0.4, -0.2) is 22.9 Å². The molecule has 5 nitrogen and oxygen atoms in total. The Morgan fingerprint density at radius 2 is 1.68 bits per heavy atom. The summed E-state index contributed by atoms with van der Waals surface area (Å²) in [7, 11) is 0. The van der Waals surface area contributed by atoms with E-state index in [2.05, 4.69) is 0 Å². The molecule has 0 aromatic heterocycles. The zero-order valence-corrected chi connectivity index (χ0v) is 11.0. The normalized spacial score (nSPS) is 15.4. The SMILES string of the molecule is CC1=C(C)C(=O)N(c2cc(C(=O)O)ccc2Cl)C1=O. The van der Waals surface area contributed by atoms with Crippen LogP contribution in [0.2, 0.25) is 5.02 Å². The highest BCUT2D eigenvalue weighted by atomic mass is 35.5. The predicted octanol–water partition coefficient (Wildman–Crippen LogP) is 2.25. The molecule has 6 heteroatoms. The molecule has 0 radical (unpaired) electrons. The Bertz CT molecular complexity index is 624. The van der Waals surface area contributed by atoms with Crippen molar-refractivity contribution in [1.82, 2.24) is 0 Å². The summed E-state index contributed by atoms with van der Waals surface area (Å²) in [5, 5.41) is 9.08. The van der Waals surface area contributed by atoms with Crippen molar-refractivity contribution in [3.05, 3.63) is 39.9 Å². The fourth-order valence-electron chi connectivity index (χ4n) is 1.78. The Morgan fingerprint density at radius 1 is 1.16 bits per heavy atom. The Labute approximate surface area is 114 Å². The van der Waals surface area contributed by atoms with E-state index < -0.39 is 17.8 Å². The standard InChI is InChI=1S/C13H10ClNO4/c1-6-7(2)12(17)15(11(6)16)10-5-8(13(18)19)3-4-9(10)14/h3-5H,1-2H3,(H,18,19). The topological polar surface area (TPSA) is 74.7 Å². The fourth-order valence-corrected chi connectivity index (χ4v) is 1.99. The quantitative estimate of drug-likeness (QED) is 0.843. The third kappa shape index (κ3) is 2.02. The van der Waals surface area contributed by atoms with Crippen LogP contribution in [0.5, 0.6) is 0 Å². The molecule has 1 aliphatic heterocycles. The molecular weight excluding hydrogens is 270 g/mol. The van der Waals surface area contributed by atoms with Crippen LogP contribution in [0, 0.1) is 0 Å². The Kier molecular flexibility index (Phi) is 3.16. The van der Waals surface area contributed by atoms with E-state index in [1.807, 2.05) is 0 Å². The second kappa shape index (κ2) is 4.51. The van der Waals surface area contributed by atoms with Gasteiger partial charge in [0, 0.05) is 11.1 Å². The number of nitrogens with zero attached hydrogens (tertiary/aromatic N) is 1. The molecule has 0 spiro atoms. The van der Waals surface area contributed by atoms with Gasteiger partial charge in [0.15, 0.2) is 0 Å². The van der Waals surface area contributed by atoms with E-state index in [1.165, 1.54) is 18.2 Å². The van der Waals surface area contributed by atoms with Crippen molar-refractivity contribution in [2.75, 3.05) is 4.90 Å². The number of carbonyl (C=O) groups is 3. The molecule has 1 aliphatic rings. The number of imide groups is 1. The molecule has 0 saturated carbocycles. The zero-order chi connectivity index (χ0) is 14.3.